The summed E-state index contributed by atoms with van der Waals surface area (Å²) < 4.78 is 12.9. The first-order chi connectivity index (χ1) is 9.13. The highest BCUT2D eigenvalue weighted by Gasteiger charge is 2.26. The molecule has 0 aliphatic heterocycles. The maximum absolute atomic E-state index is 12.9. The van der Waals surface area contributed by atoms with Crippen LogP contribution in [-0.2, 0) is 0 Å². The summed E-state index contributed by atoms with van der Waals surface area (Å²) >= 11 is 1.40. The first kappa shape index (κ1) is 12.2. The monoisotopic (exact) mass is 277 g/mol. The lowest BCUT2D eigenvalue weighted by atomic mass is 10.2. The summed E-state index contributed by atoms with van der Waals surface area (Å²) in [6.07, 6.45) is 3.39. The highest BCUT2D eigenvalue weighted by molar-refractivity contribution is 7.14. The van der Waals surface area contributed by atoms with Gasteiger partial charge in [0, 0.05) is 11.3 Å². The number of nitrogens with zero attached hydrogens (tertiary/aromatic N) is 2. The van der Waals surface area contributed by atoms with Gasteiger partial charge in [0.25, 0.3) is 5.91 Å². The molecule has 3 rings (SSSR count). The molecule has 1 fully saturated rings. The number of halogens is 1. The Balaban J connectivity index is 1.76. The third-order valence-corrected chi connectivity index (χ3v) is 3.77. The Bertz CT molecular complexity index is 637. The SMILES string of the molecule is Cc1cc(F)cnc1C(=O)Nc1nc(C2CC2)cs1. The van der Waals surface area contributed by atoms with E-state index in [-0.39, 0.29) is 11.6 Å². The van der Waals surface area contributed by atoms with Crippen molar-refractivity contribution in [2.24, 2.45) is 0 Å². The molecule has 1 aliphatic rings. The van der Waals surface area contributed by atoms with Gasteiger partial charge in [-0.05, 0) is 31.4 Å². The standard InChI is InChI=1S/C13H12FN3OS/c1-7-4-9(14)5-15-11(7)12(18)17-13-16-10(6-19-13)8-2-3-8/h4-6,8H,2-3H2,1H3,(H,16,17,18). The fourth-order valence-corrected chi connectivity index (χ4v) is 2.63. The first-order valence-corrected chi connectivity index (χ1v) is 6.90. The molecular formula is C13H12FN3OS. The summed E-state index contributed by atoms with van der Waals surface area (Å²) in [6, 6.07) is 1.29. The molecule has 0 saturated heterocycles. The topological polar surface area (TPSA) is 54.9 Å². The van der Waals surface area contributed by atoms with Crippen LogP contribution < -0.4 is 5.32 Å². The summed E-state index contributed by atoms with van der Waals surface area (Å²) in [5, 5.41) is 5.24. The van der Waals surface area contributed by atoms with E-state index in [0.29, 0.717) is 16.6 Å². The minimum absolute atomic E-state index is 0.226. The van der Waals surface area contributed by atoms with Crippen molar-refractivity contribution in [2.75, 3.05) is 5.32 Å². The number of hydrogen-bond donors (Lipinski definition) is 1. The molecular weight excluding hydrogens is 265 g/mol. The fraction of sp³-hybridized carbons (Fsp3) is 0.308. The van der Waals surface area contributed by atoms with E-state index < -0.39 is 5.82 Å². The van der Waals surface area contributed by atoms with Crippen molar-refractivity contribution in [1.82, 2.24) is 9.97 Å². The molecule has 0 atom stereocenters. The molecule has 2 heterocycles. The predicted octanol–water partition coefficient (Wildman–Crippen LogP) is 3.12. The van der Waals surface area contributed by atoms with Gasteiger partial charge < -0.3 is 0 Å². The zero-order chi connectivity index (χ0) is 13.4. The Kier molecular flexibility index (Phi) is 3.02. The van der Waals surface area contributed by atoms with Crippen LogP contribution >= 0.6 is 11.3 Å². The summed E-state index contributed by atoms with van der Waals surface area (Å²) in [4.78, 5) is 20.2. The molecule has 1 aliphatic carbocycles. The molecule has 0 aromatic carbocycles. The van der Waals surface area contributed by atoms with Gasteiger partial charge in [-0.15, -0.1) is 11.3 Å². The molecule has 2 aromatic heterocycles. The van der Waals surface area contributed by atoms with Crippen molar-refractivity contribution < 1.29 is 9.18 Å². The van der Waals surface area contributed by atoms with Gasteiger partial charge >= 0.3 is 0 Å². The second-order valence-electron chi connectivity index (χ2n) is 4.62. The highest BCUT2D eigenvalue weighted by atomic mass is 32.1. The van der Waals surface area contributed by atoms with Gasteiger partial charge in [-0.1, -0.05) is 0 Å². The fourth-order valence-electron chi connectivity index (χ4n) is 1.84. The molecule has 0 spiro atoms. The number of hydrogen-bond acceptors (Lipinski definition) is 4. The van der Waals surface area contributed by atoms with E-state index in [9.17, 15) is 9.18 Å². The molecule has 0 bridgehead atoms. The lowest BCUT2D eigenvalue weighted by molar-refractivity contribution is 0.102. The zero-order valence-electron chi connectivity index (χ0n) is 10.3. The van der Waals surface area contributed by atoms with Crippen LogP contribution in [0.15, 0.2) is 17.6 Å². The Morgan fingerprint density at radius 3 is 3.00 bits per heavy atom. The van der Waals surface area contributed by atoms with Gasteiger partial charge in [0.15, 0.2) is 5.13 Å². The number of carbonyl (C=O) groups excluding carboxylic acids is 1. The molecule has 2 aromatic rings. The van der Waals surface area contributed by atoms with Gasteiger partial charge in [0.05, 0.1) is 11.9 Å². The second kappa shape index (κ2) is 4.70. The number of aryl methyl sites for hydroxylation is 1. The van der Waals surface area contributed by atoms with Gasteiger partial charge in [0.1, 0.15) is 11.5 Å². The number of thiazole rings is 1. The van der Waals surface area contributed by atoms with E-state index in [1.165, 1.54) is 30.2 Å². The molecule has 0 unspecified atom stereocenters. The van der Waals surface area contributed by atoms with Gasteiger partial charge in [-0.2, -0.15) is 0 Å². The van der Waals surface area contributed by atoms with Crippen LogP contribution in [0.4, 0.5) is 9.52 Å². The van der Waals surface area contributed by atoms with Crippen LogP contribution in [0.1, 0.15) is 40.5 Å². The number of rotatable bonds is 3. The van der Waals surface area contributed by atoms with E-state index in [2.05, 4.69) is 15.3 Å². The smallest absolute Gasteiger partial charge is 0.276 e. The maximum atomic E-state index is 12.9. The van der Waals surface area contributed by atoms with E-state index in [0.717, 1.165) is 11.9 Å². The predicted molar refractivity (Wildman–Crippen MR) is 71.0 cm³/mol. The first-order valence-electron chi connectivity index (χ1n) is 6.02. The summed E-state index contributed by atoms with van der Waals surface area (Å²) in [5.74, 6) is -0.235. The number of aromatic nitrogens is 2. The van der Waals surface area contributed by atoms with Crippen LogP contribution in [-0.4, -0.2) is 15.9 Å². The van der Waals surface area contributed by atoms with Crippen molar-refractivity contribution in [3.8, 4) is 0 Å². The third kappa shape index (κ3) is 2.63. The number of anilines is 1. The normalized spacial score (nSPS) is 14.4. The summed E-state index contributed by atoms with van der Waals surface area (Å²) in [6.45, 7) is 1.66. The average Bonchev–Trinajstić information content (AvgIpc) is 3.10. The van der Waals surface area contributed by atoms with Crippen LogP contribution in [0.2, 0.25) is 0 Å². The van der Waals surface area contributed by atoms with Crippen LogP contribution in [0.3, 0.4) is 0 Å². The summed E-state index contributed by atoms with van der Waals surface area (Å²) in [5.41, 5.74) is 1.78. The van der Waals surface area contributed by atoms with Crippen molar-refractivity contribution in [1.29, 1.82) is 0 Å². The van der Waals surface area contributed by atoms with Gasteiger partial charge in [-0.3, -0.25) is 10.1 Å². The van der Waals surface area contributed by atoms with Crippen molar-refractivity contribution in [2.45, 2.75) is 25.7 Å². The average molecular weight is 277 g/mol. The quantitative estimate of drug-likeness (QED) is 0.937. The highest BCUT2D eigenvalue weighted by Crippen LogP contribution is 2.40. The molecule has 6 heteroatoms. The Morgan fingerprint density at radius 2 is 2.32 bits per heavy atom. The molecule has 4 nitrogen and oxygen atoms in total. The number of nitrogens with one attached hydrogen (secondary N) is 1. The van der Waals surface area contributed by atoms with Crippen LogP contribution in [0.25, 0.3) is 0 Å². The molecule has 98 valence electrons. The number of amides is 1. The van der Waals surface area contributed by atoms with E-state index in [1.807, 2.05) is 5.38 Å². The Labute approximate surface area is 113 Å². The Morgan fingerprint density at radius 1 is 1.53 bits per heavy atom. The molecule has 1 N–H and O–H groups in total. The third-order valence-electron chi connectivity index (χ3n) is 3.00. The van der Waals surface area contributed by atoms with Crippen molar-refractivity contribution >= 4 is 22.4 Å². The molecule has 19 heavy (non-hydrogen) atoms. The maximum Gasteiger partial charge on any atom is 0.276 e. The molecule has 1 saturated carbocycles. The van der Waals surface area contributed by atoms with Crippen molar-refractivity contribution in [3.63, 3.8) is 0 Å². The van der Waals surface area contributed by atoms with E-state index >= 15 is 0 Å². The van der Waals surface area contributed by atoms with E-state index in [1.54, 1.807) is 6.92 Å². The van der Waals surface area contributed by atoms with Gasteiger partial charge in [-0.25, -0.2) is 14.4 Å². The Hall–Kier alpha value is -1.82. The van der Waals surface area contributed by atoms with Crippen LogP contribution in [0.5, 0.6) is 0 Å². The molecule has 1 amide bonds. The van der Waals surface area contributed by atoms with E-state index in [4.69, 9.17) is 0 Å². The summed E-state index contributed by atoms with van der Waals surface area (Å²) in [7, 11) is 0. The van der Waals surface area contributed by atoms with Crippen LogP contribution in [0, 0.1) is 12.7 Å². The zero-order valence-corrected chi connectivity index (χ0v) is 11.1. The second-order valence-corrected chi connectivity index (χ2v) is 5.48. The number of carbonyl (C=O) groups is 1. The molecule has 0 radical (unpaired) electrons. The van der Waals surface area contributed by atoms with Crippen molar-refractivity contribution in [3.05, 3.63) is 40.4 Å². The lowest BCUT2D eigenvalue weighted by Gasteiger charge is -2.04. The minimum atomic E-state index is -0.445. The number of pyridine rings is 1. The minimum Gasteiger partial charge on any atom is -0.296 e. The largest absolute Gasteiger partial charge is 0.296 e. The van der Waals surface area contributed by atoms with Gasteiger partial charge in [0.2, 0.25) is 0 Å². The lowest BCUT2D eigenvalue weighted by Crippen LogP contribution is -2.15.